The zero-order valence-electron chi connectivity index (χ0n) is 15.5. The lowest BCUT2D eigenvalue weighted by Gasteiger charge is -2.45. The summed E-state index contributed by atoms with van der Waals surface area (Å²) in [5, 5.41) is 3.30. The predicted molar refractivity (Wildman–Crippen MR) is 103 cm³/mol. The Hall–Kier alpha value is -1.79. The molecule has 0 aliphatic carbocycles. The number of halogens is 1. The Morgan fingerprint density at radius 1 is 1.15 bits per heavy atom. The number of piperazine rings is 1. The Morgan fingerprint density at radius 3 is 2.50 bits per heavy atom. The van der Waals surface area contributed by atoms with E-state index in [1.54, 1.807) is 19.2 Å². The van der Waals surface area contributed by atoms with Gasteiger partial charge >= 0.3 is 6.03 Å². The highest BCUT2D eigenvalue weighted by atomic mass is 35.5. The normalized spacial score (nSPS) is 24.0. The molecule has 1 atom stereocenters. The number of amides is 3. The summed E-state index contributed by atoms with van der Waals surface area (Å²) in [6.45, 7) is 6.81. The molecule has 2 fully saturated rings. The Labute approximate surface area is 160 Å². The number of nitrogens with one attached hydrogen (secondary N) is 1. The van der Waals surface area contributed by atoms with Crippen molar-refractivity contribution in [2.75, 3.05) is 46.3 Å². The van der Waals surface area contributed by atoms with Gasteiger partial charge in [0.05, 0.1) is 0 Å². The van der Waals surface area contributed by atoms with E-state index in [-0.39, 0.29) is 17.5 Å². The number of carbonyl (C=O) groups is 2. The standard InChI is InChI=1S/C19H27ClN4O2/c1-3-19(7-8-23(14-19)18(26)21-2)24-11-9-22(10-12-24)17(25)15-5-4-6-16(20)13-15/h4-6,13H,3,7-12,14H2,1-2H3,(H,21,26)/t19-/m1/s1. The minimum Gasteiger partial charge on any atom is -0.341 e. The van der Waals surface area contributed by atoms with Gasteiger partial charge in [0.2, 0.25) is 0 Å². The van der Waals surface area contributed by atoms with Gasteiger partial charge in [0.15, 0.2) is 0 Å². The first kappa shape index (κ1) is 19.0. The Balaban J connectivity index is 1.62. The van der Waals surface area contributed by atoms with E-state index in [0.29, 0.717) is 23.7 Å². The van der Waals surface area contributed by atoms with Crippen molar-refractivity contribution in [1.29, 1.82) is 0 Å². The quantitative estimate of drug-likeness (QED) is 0.878. The van der Waals surface area contributed by atoms with Crippen LogP contribution in [0.4, 0.5) is 4.79 Å². The molecule has 1 N–H and O–H groups in total. The predicted octanol–water partition coefficient (Wildman–Crippen LogP) is 2.29. The third-order valence-electron chi connectivity index (χ3n) is 5.80. The molecule has 2 saturated heterocycles. The van der Waals surface area contributed by atoms with Crippen molar-refractivity contribution in [1.82, 2.24) is 20.0 Å². The van der Waals surface area contributed by atoms with Crippen molar-refractivity contribution in [3.8, 4) is 0 Å². The van der Waals surface area contributed by atoms with Crippen molar-refractivity contribution in [2.24, 2.45) is 0 Å². The van der Waals surface area contributed by atoms with Gasteiger partial charge in [-0.2, -0.15) is 0 Å². The van der Waals surface area contributed by atoms with E-state index in [0.717, 1.165) is 39.0 Å². The van der Waals surface area contributed by atoms with Crippen LogP contribution in [0.2, 0.25) is 5.02 Å². The van der Waals surface area contributed by atoms with Crippen LogP contribution in [0.3, 0.4) is 0 Å². The number of nitrogens with zero attached hydrogens (tertiary/aromatic N) is 3. The van der Waals surface area contributed by atoms with Crippen LogP contribution < -0.4 is 5.32 Å². The number of carbonyl (C=O) groups excluding carboxylic acids is 2. The fourth-order valence-electron chi connectivity index (χ4n) is 4.15. The average molecular weight is 379 g/mol. The zero-order valence-corrected chi connectivity index (χ0v) is 16.3. The molecule has 3 rings (SSSR count). The van der Waals surface area contributed by atoms with Crippen molar-refractivity contribution < 1.29 is 9.59 Å². The molecule has 6 nitrogen and oxygen atoms in total. The minimum atomic E-state index is -0.00454. The molecule has 3 amide bonds. The summed E-state index contributed by atoms with van der Waals surface area (Å²) in [5.74, 6) is 0.0381. The molecule has 0 unspecified atom stereocenters. The van der Waals surface area contributed by atoms with Gasteiger partial charge in [-0.1, -0.05) is 24.6 Å². The maximum atomic E-state index is 12.7. The lowest BCUT2D eigenvalue weighted by atomic mass is 9.92. The Bertz CT molecular complexity index is 675. The van der Waals surface area contributed by atoms with E-state index in [1.165, 1.54) is 0 Å². The van der Waals surface area contributed by atoms with Crippen LogP contribution in [0.15, 0.2) is 24.3 Å². The zero-order chi connectivity index (χ0) is 18.7. The molecule has 0 spiro atoms. The lowest BCUT2D eigenvalue weighted by Crippen LogP contribution is -2.59. The Kier molecular flexibility index (Phi) is 5.73. The SMILES string of the molecule is CC[C@@]1(N2CCN(C(=O)c3cccc(Cl)c3)CC2)CCN(C(=O)NC)C1. The first-order chi connectivity index (χ1) is 12.5. The van der Waals surface area contributed by atoms with E-state index < -0.39 is 0 Å². The summed E-state index contributed by atoms with van der Waals surface area (Å²) in [5.41, 5.74) is 0.667. The second-order valence-electron chi connectivity index (χ2n) is 7.09. The topological polar surface area (TPSA) is 55.9 Å². The van der Waals surface area contributed by atoms with E-state index in [1.807, 2.05) is 21.9 Å². The van der Waals surface area contributed by atoms with Gasteiger partial charge in [0.25, 0.3) is 5.91 Å². The fourth-order valence-corrected chi connectivity index (χ4v) is 4.34. The maximum Gasteiger partial charge on any atom is 0.317 e. The van der Waals surface area contributed by atoms with Crippen molar-refractivity contribution >= 4 is 23.5 Å². The molecule has 7 heteroatoms. The van der Waals surface area contributed by atoms with Crippen molar-refractivity contribution in [3.63, 3.8) is 0 Å². The second-order valence-corrected chi connectivity index (χ2v) is 7.53. The summed E-state index contributed by atoms with van der Waals surface area (Å²) in [6.07, 6.45) is 1.99. The first-order valence-electron chi connectivity index (χ1n) is 9.25. The van der Waals surface area contributed by atoms with Gasteiger partial charge in [-0.05, 0) is 31.0 Å². The molecule has 26 heavy (non-hydrogen) atoms. The van der Waals surface area contributed by atoms with E-state index in [2.05, 4.69) is 17.1 Å². The van der Waals surface area contributed by atoms with Gasteiger partial charge in [-0.15, -0.1) is 0 Å². The Morgan fingerprint density at radius 2 is 1.88 bits per heavy atom. The summed E-state index contributed by atoms with van der Waals surface area (Å²) >= 11 is 6.01. The molecule has 0 aromatic heterocycles. The monoisotopic (exact) mass is 378 g/mol. The van der Waals surface area contributed by atoms with Crippen LogP contribution in [-0.2, 0) is 0 Å². The highest BCUT2D eigenvalue weighted by Gasteiger charge is 2.44. The summed E-state index contributed by atoms with van der Waals surface area (Å²) in [6, 6.07) is 7.12. The van der Waals surface area contributed by atoms with Gasteiger partial charge < -0.3 is 15.1 Å². The number of likely N-dealkylation sites (tertiary alicyclic amines) is 1. The van der Waals surface area contributed by atoms with Gasteiger partial charge in [-0.3, -0.25) is 9.69 Å². The smallest absolute Gasteiger partial charge is 0.317 e. The minimum absolute atomic E-state index is 0.00454. The molecule has 1 aromatic carbocycles. The second kappa shape index (κ2) is 7.84. The fraction of sp³-hybridized carbons (Fsp3) is 0.579. The summed E-state index contributed by atoms with van der Waals surface area (Å²) in [4.78, 5) is 30.9. The molecule has 142 valence electrons. The van der Waals surface area contributed by atoms with Crippen molar-refractivity contribution in [2.45, 2.75) is 25.3 Å². The summed E-state index contributed by atoms with van der Waals surface area (Å²) in [7, 11) is 1.68. The van der Waals surface area contributed by atoms with Gasteiger partial charge in [0.1, 0.15) is 0 Å². The third-order valence-corrected chi connectivity index (χ3v) is 6.04. The number of hydrogen-bond donors (Lipinski definition) is 1. The van der Waals surface area contributed by atoms with Gasteiger partial charge in [0, 0.05) is 62.4 Å². The van der Waals surface area contributed by atoms with Crippen LogP contribution in [0.1, 0.15) is 30.1 Å². The lowest BCUT2D eigenvalue weighted by molar-refractivity contribution is 0.0301. The largest absolute Gasteiger partial charge is 0.341 e. The average Bonchev–Trinajstić information content (AvgIpc) is 3.13. The van der Waals surface area contributed by atoms with Crippen LogP contribution in [0, 0.1) is 0 Å². The molecule has 2 aliphatic rings. The molecule has 0 saturated carbocycles. The van der Waals surface area contributed by atoms with Crippen molar-refractivity contribution in [3.05, 3.63) is 34.9 Å². The highest BCUT2D eigenvalue weighted by Crippen LogP contribution is 2.32. The maximum absolute atomic E-state index is 12.7. The van der Waals surface area contributed by atoms with Crippen LogP contribution >= 0.6 is 11.6 Å². The molecule has 2 heterocycles. The van der Waals surface area contributed by atoms with Crippen LogP contribution in [-0.4, -0.2) is 78.5 Å². The first-order valence-corrected chi connectivity index (χ1v) is 9.63. The molecule has 2 aliphatic heterocycles. The molecule has 1 aromatic rings. The van der Waals surface area contributed by atoms with Crippen LogP contribution in [0.5, 0.6) is 0 Å². The molecular weight excluding hydrogens is 352 g/mol. The van der Waals surface area contributed by atoms with E-state index in [4.69, 9.17) is 11.6 Å². The van der Waals surface area contributed by atoms with Gasteiger partial charge in [-0.25, -0.2) is 4.79 Å². The molecule has 0 radical (unpaired) electrons. The number of rotatable bonds is 3. The number of hydrogen-bond acceptors (Lipinski definition) is 3. The van der Waals surface area contributed by atoms with E-state index in [9.17, 15) is 9.59 Å². The third kappa shape index (κ3) is 3.67. The van der Waals surface area contributed by atoms with Crippen LogP contribution in [0.25, 0.3) is 0 Å². The summed E-state index contributed by atoms with van der Waals surface area (Å²) < 4.78 is 0. The molecular formula is C19H27ClN4O2. The highest BCUT2D eigenvalue weighted by molar-refractivity contribution is 6.30. The molecule has 0 bridgehead atoms. The number of urea groups is 1. The van der Waals surface area contributed by atoms with E-state index >= 15 is 0 Å². The number of benzene rings is 1.